The molecule has 2 aromatic heterocycles. The molecule has 0 saturated heterocycles. The molecule has 1 aliphatic carbocycles. The van der Waals surface area contributed by atoms with Gasteiger partial charge < -0.3 is 0 Å². The van der Waals surface area contributed by atoms with Gasteiger partial charge in [0.2, 0.25) is 0 Å². The van der Waals surface area contributed by atoms with Gasteiger partial charge in [0.25, 0.3) is 0 Å². The number of nitrogens with zero attached hydrogens (tertiary/aromatic N) is 3. The first kappa shape index (κ1) is 13.3. The van der Waals surface area contributed by atoms with Gasteiger partial charge in [-0.05, 0) is 31.0 Å². The topological polar surface area (TPSA) is 47.8 Å². The van der Waals surface area contributed by atoms with Crippen molar-refractivity contribution < 1.29 is 4.79 Å². The van der Waals surface area contributed by atoms with Crippen molar-refractivity contribution in [1.29, 1.82) is 0 Å². The molecule has 2 aromatic rings. The van der Waals surface area contributed by atoms with Crippen LogP contribution in [0, 0.1) is 0 Å². The summed E-state index contributed by atoms with van der Waals surface area (Å²) in [5.41, 5.74) is 1.10. The summed E-state index contributed by atoms with van der Waals surface area (Å²) < 4.78 is 2.00. The number of hydrogen-bond donors (Lipinski definition) is 0. The maximum absolute atomic E-state index is 12.2. The van der Waals surface area contributed by atoms with Crippen LogP contribution in [0.25, 0.3) is 0 Å². The van der Waals surface area contributed by atoms with E-state index in [0.29, 0.717) is 16.8 Å². The molecule has 0 spiro atoms. The summed E-state index contributed by atoms with van der Waals surface area (Å²) in [5.74, 6) is -0.0905. The van der Waals surface area contributed by atoms with Crippen LogP contribution in [0.3, 0.4) is 0 Å². The van der Waals surface area contributed by atoms with E-state index in [1.165, 1.54) is 25.7 Å². The Hall–Kier alpha value is -1.68. The third-order valence-corrected chi connectivity index (χ3v) is 4.03. The molecule has 1 fully saturated rings. The number of hydrogen-bond acceptors (Lipinski definition) is 3. The second kappa shape index (κ2) is 5.75. The second-order valence-electron chi connectivity index (χ2n) is 5.16. The van der Waals surface area contributed by atoms with E-state index >= 15 is 0 Å². The lowest BCUT2D eigenvalue weighted by Crippen LogP contribution is -2.09. The van der Waals surface area contributed by atoms with E-state index in [0.717, 1.165) is 5.69 Å². The molecular weight excluding hydrogens is 274 g/mol. The molecule has 0 unspecified atom stereocenters. The summed E-state index contributed by atoms with van der Waals surface area (Å²) in [5, 5.41) is 4.91. The molecule has 0 aliphatic heterocycles. The summed E-state index contributed by atoms with van der Waals surface area (Å²) in [6.45, 7) is 0. The fourth-order valence-electron chi connectivity index (χ4n) is 2.68. The van der Waals surface area contributed by atoms with Gasteiger partial charge in [0.05, 0.1) is 23.2 Å². The minimum Gasteiger partial charge on any atom is -0.292 e. The van der Waals surface area contributed by atoms with E-state index in [-0.39, 0.29) is 12.2 Å². The first-order valence-electron chi connectivity index (χ1n) is 6.92. The van der Waals surface area contributed by atoms with Crippen LogP contribution in [0.4, 0.5) is 0 Å². The highest BCUT2D eigenvalue weighted by molar-refractivity contribution is 6.33. The molecule has 20 heavy (non-hydrogen) atoms. The van der Waals surface area contributed by atoms with Crippen molar-refractivity contribution in [2.45, 2.75) is 38.1 Å². The number of aromatic nitrogens is 3. The molecule has 0 atom stereocenters. The average molecular weight is 290 g/mol. The van der Waals surface area contributed by atoms with E-state index in [1.807, 2.05) is 16.9 Å². The summed E-state index contributed by atoms with van der Waals surface area (Å²) >= 11 is 5.99. The van der Waals surface area contributed by atoms with Crippen LogP contribution in [-0.2, 0) is 6.42 Å². The van der Waals surface area contributed by atoms with Crippen molar-refractivity contribution in [2.24, 2.45) is 0 Å². The number of pyridine rings is 1. The molecule has 104 valence electrons. The van der Waals surface area contributed by atoms with E-state index in [4.69, 9.17) is 11.6 Å². The summed E-state index contributed by atoms with van der Waals surface area (Å²) in [7, 11) is 0. The molecule has 0 N–H and O–H groups in total. The van der Waals surface area contributed by atoms with E-state index in [2.05, 4.69) is 10.1 Å². The van der Waals surface area contributed by atoms with Gasteiger partial charge >= 0.3 is 0 Å². The smallest absolute Gasteiger partial charge is 0.188 e. The Balaban J connectivity index is 1.72. The van der Waals surface area contributed by atoms with Gasteiger partial charge in [-0.3, -0.25) is 14.5 Å². The van der Waals surface area contributed by atoms with Crippen LogP contribution < -0.4 is 0 Å². The molecule has 1 aliphatic rings. The third kappa shape index (κ3) is 2.75. The summed E-state index contributed by atoms with van der Waals surface area (Å²) in [6, 6.07) is 5.80. The fraction of sp³-hybridized carbons (Fsp3) is 0.400. The second-order valence-corrected chi connectivity index (χ2v) is 5.57. The Morgan fingerprint density at radius 3 is 2.90 bits per heavy atom. The van der Waals surface area contributed by atoms with Gasteiger partial charge in [-0.25, -0.2) is 0 Å². The highest BCUT2D eigenvalue weighted by Crippen LogP contribution is 2.28. The van der Waals surface area contributed by atoms with E-state index in [1.54, 1.807) is 18.3 Å². The van der Waals surface area contributed by atoms with Crippen LogP contribution in [0.2, 0.25) is 5.02 Å². The molecule has 5 heteroatoms. The normalized spacial score (nSPS) is 15.7. The van der Waals surface area contributed by atoms with Crippen molar-refractivity contribution >= 4 is 17.4 Å². The molecule has 0 amide bonds. The average Bonchev–Trinajstić information content (AvgIpc) is 3.09. The van der Waals surface area contributed by atoms with Crippen LogP contribution in [0.5, 0.6) is 0 Å². The zero-order chi connectivity index (χ0) is 13.9. The van der Waals surface area contributed by atoms with Gasteiger partial charge in [-0.15, -0.1) is 0 Å². The van der Waals surface area contributed by atoms with Crippen molar-refractivity contribution in [2.75, 3.05) is 0 Å². The van der Waals surface area contributed by atoms with Crippen molar-refractivity contribution in [3.63, 3.8) is 0 Å². The molecule has 3 rings (SSSR count). The van der Waals surface area contributed by atoms with Gasteiger partial charge in [0.1, 0.15) is 5.69 Å². The van der Waals surface area contributed by atoms with Crippen LogP contribution in [0.15, 0.2) is 30.6 Å². The van der Waals surface area contributed by atoms with Gasteiger partial charge in [0, 0.05) is 12.4 Å². The van der Waals surface area contributed by atoms with Crippen LogP contribution >= 0.6 is 11.6 Å². The van der Waals surface area contributed by atoms with Crippen LogP contribution in [0.1, 0.15) is 47.9 Å². The largest absolute Gasteiger partial charge is 0.292 e. The molecule has 0 bridgehead atoms. The number of rotatable bonds is 4. The number of halogens is 1. The maximum Gasteiger partial charge on any atom is 0.188 e. The predicted molar refractivity (Wildman–Crippen MR) is 77.0 cm³/mol. The minimum absolute atomic E-state index is 0.0905. The van der Waals surface area contributed by atoms with Gasteiger partial charge in [-0.2, -0.15) is 5.10 Å². The minimum atomic E-state index is -0.0905. The van der Waals surface area contributed by atoms with Gasteiger partial charge in [-0.1, -0.05) is 24.4 Å². The van der Waals surface area contributed by atoms with Crippen molar-refractivity contribution in [1.82, 2.24) is 14.8 Å². The zero-order valence-electron chi connectivity index (χ0n) is 11.1. The quantitative estimate of drug-likeness (QED) is 0.810. The Kier molecular flexibility index (Phi) is 3.83. The van der Waals surface area contributed by atoms with Gasteiger partial charge in [0.15, 0.2) is 5.78 Å². The molecule has 0 aromatic carbocycles. The zero-order valence-corrected chi connectivity index (χ0v) is 11.9. The first-order chi connectivity index (χ1) is 9.74. The molecular formula is C15H16ClN3O. The SMILES string of the molecule is O=C(Cc1ccn(C2CCCC2)n1)c1ncccc1Cl. The molecule has 1 saturated carbocycles. The third-order valence-electron chi connectivity index (χ3n) is 3.73. The lowest BCUT2D eigenvalue weighted by atomic mass is 10.1. The molecule has 2 heterocycles. The Morgan fingerprint density at radius 1 is 1.35 bits per heavy atom. The predicted octanol–water partition coefficient (Wildman–Crippen LogP) is 3.47. The fourth-order valence-corrected chi connectivity index (χ4v) is 2.91. The number of ketones is 1. The summed E-state index contributed by atoms with van der Waals surface area (Å²) in [4.78, 5) is 16.2. The highest BCUT2D eigenvalue weighted by atomic mass is 35.5. The lowest BCUT2D eigenvalue weighted by Gasteiger charge is -2.08. The standard InChI is InChI=1S/C15H16ClN3O/c16-13-6-3-8-17-15(13)14(20)10-11-7-9-19(18-11)12-4-1-2-5-12/h3,6-9,12H,1-2,4-5,10H2. The number of carbonyl (C=O) groups excluding carboxylic acids is 1. The Morgan fingerprint density at radius 2 is 2.15 bits per heavy atom. The maximum atomic E-state index is 12.2. The van der Waals surface area contributed by atoms with Crippen LogP contribution in [-0.4, -0.2) is 20.5 Å². The lowest BCUT2D eigenvalue weighted by molar-refractivity contribution is 0.0987. The Labute approximate surface area is 122 Å². The first-order valence-corrected chi connectivity index (χ1v) is 7.29. The van der Waals surface area contributed by atoms with Crippen molar-refractivity contribution in [3.05, 3.63) is 47.0 Å². The molecule has 0 radical (unpaired) electrons. The Bertz CT molecular complexity index is 617. The monoisotopic (exact) mass is 289 g/mol. The van der Waals surface area contributed by atoms with Crippen molar-refractivity contribution in [3.8, 4) is 0 Å². The van der Waals surface area contributed by atoms with E-state index < -0.39 is 0 Å². The molecule has 4 nitrogen and oxygen atoms in total. The number of Topliss-reactive ketones (excluding diaryl/α,β-unsaturated/α-hetero) is 1. The number of carbonyl (C=O) groups is 1. The van der Waals surface area contributed by atoms with E-state index in [9.17, 15) is 4.79 Å². The highest BCUT2D eigenvalue weighted by Gasteiger charge is 2.19. The summed E-state index contributed by atoms with van der Waals surface area (Å²) in [6.07, 6.45) is 8.69.